The van der Waals surface area contributed by atoms with Gasteiger partial charge in [-0.2, -0.15) is 0 Å². The Kier molecular flexibility index (Phi) is 2.31. The van der Waals surface area contributed by atoms with Gasteiger partial charge in [-0.25, -0.2) is 0 Å². The standard InChI is InChI=1S/C11H18N2/c1-3-8-13(2)10-9-11(10)4-6-12-7-5-11/h1,10,12H,4-9H2,2H3. The van der Waals surface area contributed by atoms with Crippen LogP contribution in [0.3, 0.4) is 0 Å². The molecule has 1 N–H and O–H groups in total. The van der Waals surface area contributed by atoms with Crippen molar-refractivity contribution in [3.63, 3.8) is 0 Å². The molecular formula is C11H18N2. The van der Waals surface area contributed by atoms with Crippen LogP contribution in [0.15, 0.2) is 0 Å². The Morgan fingerprint density at radius 1 is 1.54 bits per heavy atom. The number of terminal acetylenes is 1. The molecule has 1 unspecified atom stereocenters. The van der Waals surface area contributed by atoms with E-state index in [1.807, 2.05) is 0 Å². The van der Waals surface area contributed by atoms with Crippen LogP contribution in [-0.4, -0.2) is 37.6 Å². The molecular weight excluding hydrogens is 160 g/mol. The van der Waals surface area contributed by atoms with Gasteiger partial charge in [-0.3, -0.25) is 4.90 Å². The summed E-state index contributed by atoms with van der Waals surface area (Å²) in [4.78, 5) is 2.34. The van der Waals surface area contributed by atoms with Crippen LogP contribution >= 0.6 is 0 Å². The first kappa shape index (κ1) is 9.05. The van der Waals surface area contributed by atoms with Crippen molar-refractivity contribution in [2.24, 2.45) is 5.41 Å². The summed E-state index contributed by atoms with van der Waals surface area (Å²) in [6, 6.07) is 0.769. The van der Waals surface area contributed by atoms with E-state index in [0.717, 1.165) is 12.6 Å². The largest absolute Gasteiger partial charge is 0.317 e. The average Bonchev–Trinajstić information content (AvgIpc) is 2.81. The van der Waals surface area contributed by atoms with E-state index in [0.29, 0.717) is 5.41 Å². The van der Waals surface area contributed by atoms with E-state index in [1.54, 1.807) is 0 Å². The molecule has 1 aliphatic heterocycles. The molecule has 2 fully saturated rings. The zero-order chi connectivity index (χ0) is 9.31. The molecule has 2 heteroatoms. The number of nitrogens with one attached hydrogen (secondary N) is 1. The zero-order valence-corrected chi connectivity index (χ0v) is 8.34. The summed E-state index contributed by atoms with van der Waals surface area (Å²) in [6.07, 6.45) is 9.36. The van der Waals surface area contributed by atoms with Crippen molar-refractivity contribution in [3.8, 4) is 12.3 Å². The number of hydrogen-bond acceptors (Lipinski definition) is 2. The minimum atomic E-state index is 0.636. The van der Waals surface area contributed by atoms with E-state index in [9.17, 15) is 0 Å². The summed E-state index contributed by atoms with van der Waals surface area (Å²) in [6.45, 7) is 3.20. The summed E-state index contributed by atoms with van der Waals surface area (Å²) >= 11 is 0. The van der Waals surface area contributed by atoms with E-state index in [4.69, 9.17) is 6.42 Å². The predicted octanol–water partition coefficient (Wildman–Crippen LogP) is 0.694. The molecule has 0 aromatic rings. The van der Waals surface area contributed by atoms with Gasteiger partial charge in [-0.1, -0.05) is 5.92 Å². The molecule has 0 aromatic heterocycles. The molecule has 2 aliphatic rings. The maximum atomic E-state index is 5.31. The van der Waals surface area contributed by atoms with E-state index in [1.165, 1.54) is 32.4 Å². The van der Waals surface area contributed by atoms with Crippen molar-refractivity contribution >= 4 is 0 Å². The third-order valence-corrected chi connectivity index (χ3v) is 3.62. The highest BCUT2D eigenvalue weighted by Gasteiger charge is 2.55. The van der Waals surface area contributed by atoms with Gasteiger partial charge in [-0.15, -0.1) is 6.42 Å². The molecule has 0 aromatic carbocycles. The van der Waals surface area contributed by atoms with Gasteiger partial charge in [0.05, 0.1) is 6.54 Å². The molecule has 2 nitrogen and oxygen atoms in total. The van der Waals surface area contributed by atoms with Gasteiger partial charge in [0, 0.05) is 6.04 Å². The Bertz CT molecular complexity index is 223. The van der Waals surface area contributed by atoms with Crippen molar-refractivity contribution in [3.05, 3.63) is 0 Å². The second kappa shape index (κ2) is 3.32. The highest BCUT2D eigenvalue weighted by Crippen LogP contribution is 2.55. The lowest BCUT2D eigenvalue weighted by Gasteiger charge is -2.26. The average molecular weight is 178 g/mol. The van der Waals surface area contributed by atoms with Crippen LogP contribution in [-0.2, 0) is 0 Å². The summed E-state index contributed by atoms with van der Waals surface area (Å²) < 4.78 is 0. The minimum absolute atomic E-state index is 0.636. The van der Waals surface area contributed by atoms with Gasteiger partial charge in [0.15, 0.2) is 0 Å². The topological polar surface area (TPSA) is 15.3 Å². The Morgan fingerprint density at radius 2 is 2.23 bits per heavy atom. The van der Waals surface area contributed by atoms with E-state index in [2.05, 4.69) is 23.2 Å². The molecule has 1 aliphatic carbocycles. The Labute approximate surface area is 80.7 Å². The number of nitrogens with zero attached hydrogens (tertiary/aromatic N) is 1. The van der Waals surface area contributed by atoms with Crippen molar-refractivity contribution in [1.82, 2.24) is 10.2 Å². The van der Waals surface area contributed by atoms with Crippen molar-refractivity contribution in [1.29, 1.82) is 0 Å². The monoisotopic (exact) mass is 178 g/mol. The van der Waals surface area contributed by atoms with Crippen LogP contribution in [0, 0.1) is 17.8 Å². The lowest BCUT2D eigenvalue weighted by molar-refractivity contribution is 0.254. The highest BCUT2D eigenvalue weighted by molar-refractivity contribution is 5.11. The molecule has 1 heterocycles. The molecule has 1 saturated heterocycles. The second-order valence-electron chi connectivity index (χ2n) is 4.45. The molecule has 0 amide bonds. The normalized spacial score (nSPS) is 30.4. The lowest BCUT2D eigenvalue weighted by Crippen LogP contribution is -2.34. The van der Waals surface area contributed by atoms with E-state index >= 15 is 0 Å². The molecule has 1 saturated carbocycles. The van der Waals surface area contributed by atoms with E-state index < -0.39 is 0 Å². The first-order chi connectivity index (χ1) is 6.28. The number of rotatable bonds is 2. The first-order valence-electron chi connectivity index (χ1n) is 5.13. The zero-order valence-electron chi connectivity index (χ0n) is 8.34. The van der Waals surface area contributed by atoms with Crippen LogP contribution in [0.5, 0.6) is 0 Å². The van der Waals surface area contributed by atoms with Gasteiger partial charge in [0.1, 0.15) is 0 Å². The van der Waals surface area contributed by atoms with Crippen molar-refractivity contribution in [2.45, 2.75) is 25.3 Å². The molecule has 1 atom stereocenters. The maximum absolute atomic E-state index is 5.31. The number of piperidine rings is 1. The highest BCUT2D eigenvalue weighted by atomic mass is 15.2. The SMILES string of the molecule is C#CCN(C)C1CC12CCNCC2. The van der Waals surface area contributed by atoms with Crippen LogP contribution in [0.25, 0.3) is 0 Å². The maximum Gasteiger partial charge on any atom is 0.0599 e. The fraction of sp³-hybridized carbons (Fsp3) is 0.818. The third kappa shape index (κ3) is 1.59. The van der Waals surface area contributed by atoms with Gasteiger partial charge in [0.2, 0.25) is 0 Å². The molecule has 0 radical (unpaired) electrons. The van der Waals surface area contributed by atoms with Gasteiger partial charge in [0.25, 0.3) is 0 Å². The fourth-order valence-corrected chi connectivity index (χ4v) is 2.67. The quantitative estimate of drug-likeness (QED) is 0.626. The summed E-state index contributed by atoms with van der Waals surface area (Å²) in [7, 11) is 2.15. The lowest BCUT2D eigenvalue weighted by atomic mass is 9.93. The molecule has 72 valence electrons. The van der Waals surface area contributed by atoms with Crippen LogP contribution in [0.2, 0.25) is 0 Å². The summed E-state index contributed by atoms with van der Waals surface area (Å²) in [5, 5.41) is 3.41. The predicted molar refractivity (Wildman–Crippen MR) is 54.4 cm³/mol. The minimum Gasteiger partial charge on any atom is -0.317 e. The smallest absolute Gasteiger partial charge is 0.0599 e. The second-order valence-corrected chi connectivity index (χ2v) is 4.45. The molecule has 13 heavy (non-hydrogen) atoms. The Hall–Kier alpha value is -0.520. The van der Waals surface area contributed by atoms with Gasteiger partial charge < -0.3 is 5.32 Å². The third-order valence-electron chi connectivity index (χ3n) is 3.62. The van der Waals surface area contributed by atoms with Crippen LogP contribution < -0.4 is 5.32 Å². The Morgan fingerprint density at radius 3 is 2.85 bits per heavy atom. The number of hydrogen-bond donors (Lipinski definition) is 1. The molecule has 2 rings (SSSR count). The van der Waals surface area contributed by atoms with Crippen LogP contribution in [0.1, 0.15) is 19.3 Å². The van der Waals surface area contributed by atoms with E-state index in [-0.39, 0.29) is 0 Å². The fourth-order valence-electron chi connectivity index (χ4n) is 2.67. The van der Waals surface area contributed by atoms with Gasteiger partial charge >= 0.3 is 0 Å². The van der Waals surface area contributed by atoms with Gasteiger partial charge in [-0.05, 0) is 44.8 Å². The molecule has 0 bridgehead atoms. The Balaban J connectivity index is 1.89. The molecule has 1 spiro atoms. The summed E-state index contributed by atoms with van der Waals surface area (Å²) in [5.41, 5.74) is 0.636. The van der Waals surface area contributed by atoms with Crippen LogP contribution in [0.4, 0.5) is 0 Å². The summed E-state index contributed by atoms with van der Waals surface area (Å²) in [5.74, 6) is 2.72. The van der Waals surface area contributed by atoms with Crippen molar-refractivity contribution < 1.29 is 0 Å². The first-order valence-corrected chi connectivity index (χ1v) is 5.13. The van der Waals surface area contributed by atoms with Crippen molar-refractivity contribution in [2.75, 3.05) is 26.7 Å².